The van der Waals surface area contributed by atoms with Crippen molar-refractivity contribution in [1.82, 2.24) is 0 Å². The molecular weight excluding hydrogens is 372 g/mol. The molecule has 0 radical (unpaired) electrons. The molecule has 0 bridgehead atoms. The summed E-state index contributed by atoms with van der Waals surface area (Å²) in [6, 6.07) is 30.2. The van der Waals surface area contributed by atoms with E-state index in [1.807, 2.05) is 78.9 Å². The molecular formula is C27H30O3. The normalized spacial score (nSPS) is 18.1. The zero-order valence-electron chi connectivity index (χ0n) is 17.3. The van der Waals surface area contributed by atoms with Crippen molar-refractivity contribution >= 4 is 0 Å². The van der Waals surface area contributed by atoms with Gasteiger partial charge in [-0.15, -0.1) is 0 Å². The summed E-state index contributed by atoms with van der Waals surface area (Å²) in [5.74, 6) is -0.160. The van der Waals surface area contributed by atoms with Crippen LogP contribution in [0.25, 0.3) is 0 Å². The molecule has 3 aromatic rings. The molecule has 1 N–H and O–H groups in total. The van der Waals surface area contributed by atoms with Gasteiger partial charge in [0.1, 0.15) is 5.60 Å². The van der Waals surface area contributed by atoms with Crippen LogP contribution in [0, 0.1) is 0 Å². The highest BCUT2D eigenvalue weighted by atomic mass is 16.7. The average Bonchev–Trinajstić information content (AvgIpc) is 2.84. The van der Waals surface area contributed by atoms with E-state index in [2.05, 4.69) is 12.1 Å². The van der Waals surface area contributed by atoms with Crippen molar-refractivity contribution in [3.05, 3.63) is 108 Å². The zero-order chi connectivity index (χ0) is 20.7. The fraction of sp³-hybridized carbons (Fsp3) is 0.333. The van der Waals surface area contributed by atoms with Crippen molar-refractivity contribution in [2.75, 3.05) is 13.2 Å². The topological polar surface area (TPSA) is 38.7 Å². The van der Waals surface area contributed by atoms with Gasteiger partial charge >= 0.3 is 0 Å². The van der Waals surface area contributed by atoms with E-state index in [4.69, 9.17) is 9.47 Å². The number of aliphatic hydroxyl groups is 1. The number of benzene rings is 3. The van der Waals surface area contributed by atoms with Gasteiger partial charge in [0.15, 0.2) is 6.29 Å². The Morgan fingerprint density at radius 2 is 1.40 bits per heavy atom. The average molecular weight is 403 g/mol. The van der Waals surface area contributed by atoms with Crippen molar-refractivity contribution in [3.8, 4) is 0 Å². The van der Waals surface area contributed by atoms with E-state index in [1.54, 1.807) is 0 Å². The van der Waals surface area contributed by atoms with E-state index in [0.717, 1.165) is 42.6 Å². The molecule has 1 aliphatic heterocycles. The zero-order valence-corrected chi connectivity index (χ0v) is 17.3. The van der Waals surface area contributed by atoms with Crippen molar-refractivity contribution in [2.24, 2.45) is 0 Å². The second-order valence-electron chi connectivity index (χ2n) is 7.92. The Balaban J connectivity index is 1.68. The Hall–Kier alpha value is -2.46. The van der Waals surface area contributed by atoms with Crippen LogP contribution in [0.2, 0.25) is 0 Å². The molecule has 2 unspecified atom stereocenters. The largest absolute Gasteiger partial charge is 0.380 e. The molecule has 2 atom stereocenters. The number of ether oxygens (including phenoxy) is 2. The van der Waals surface area contributed by atoms with Gasteiger partial charge in [0.25, 0.3) is 0 Å². The van der Waals surface area contributed by atoms with Crippen molar-refractivity contribution < 1.29 is 14.6 Å². The van der Waals surface area contributed by atoms with Crippen LogP contribution in [-0.4, -0.2) is 24.6 Å². The van der Waals surface area contributed by atoms with E-state index < -0.39 is 5.60 Å². The summed E-state index contributed by atoms with van der Waals surface area (Å²) in [6.07, 6.45) is 3.75. The van der Waals surface area contributed by atoms with Gasteiger partial charge in [0.2, 0.25) is 0 Å². The van der Waals surface area contributed by atoms with Crippen LogP contribution < -0.4 is 0 Å². The molecule has 0 spiro atoms. The maximum Gasteiger partial charge on any atom is 0.157 e. The molecule has 1 saturated heterocycles. The van der Waals surface area contributed by atoms with Crippen molar-refractivity contribution in [3.63, 3.8) is 0 Å². The first kappa shape index (κ1) is 20.8. The van der Waals surface area contributed by atoms with Crippen molar-refractivity contribution in [2.45, 2.75) is 43.5 Å². The maximum atomic E-state index is 12.3. The lowest BCUT2D eigenvalue weighted by atomic mass is 9.71. The third kappa shape index (κ3) is 4.65. The minimum atomic E-state index is -1.17. The Kier molecular flexibility index (Phi) is 6.96. The molecule has 3 heteroatoms. The molecule has 4 rings (SSSR count). The van der Waals surface area contributed by atoms with Crippen LogP contribution in [-0.2, 0) is 15.1 Å². The minimum Gasteiger partial charge on any atom is -0.380 e. The first-order valence-corrected chi connectivity index (χ1v) is 10.9. The second-order valence-corrected chi connectivity index (χ2v) is 7.92. The summed E-state index contributed by atoms with van der Waals surface area (Å²) in [4.78, 5) is 0. The Bertz CT molecular complexity index is 834. The third-order valence-corrected chi connectivity index (χ3v) is 5.98. The van der Waals surface area contributed by atoms with Gasteiger partial charge < -0.3 is 14.6 Å². The maximum absolute atomic E-state index is 12.3. The van der Waals surface area contributed by atoms with Crippen LogP contribution in [0.3, 0.4) is 0 Å². The van der Waals surface area contributed by atoms with Crippen LogP contribution in [0.4, 0.5) is 0 Å². The van der Waals surface area contributed by atoms with Gasteiger partial charge in [-0.3, -0.25) is 0 Å². The fourth-order valence-electron chi connectivity index (χ4n) is 4.42. The standard InChI is InChI=1S/C27H30O3/c28-27(23-14-6-2-7-15-23,24-16-8-3-9-17-24)25(22-12-4-1-5-13-22)19-21-30-26-18-10-11-20-29-26/h1-9,12-17,25-26,28H,10-11,18-21H2. The molecule has 1 aliphatic rings. The van der Waals surface area contributed by atoms with Crippen LogP contribution >= 0.6 is 0 Å². The smallest absolute Gasteiger partial charge is 0.157 e. The minimum absolute atomic E-state index is 0.128. The second kappa shape index (κ2) is 10.0. The summed E-state index contributed by atoms with van der Waals surface area (Å²) in [7, 11) is 0. The lowest BCUT2D eigenvalue weighted by Gasteiger charge is -2.38. The van der Waals surface area contributed by atoms with Gasteiger partial charge in [0, 0.05) is 12.5 Å². The molecule has 3 aromatic carbocycles. The molecule has 1 heterocycles. The highest BCUT2D eigenvalue weighted by Crippen LogP contribution is 2.44. The summed E-state index contributed by atoms with van der Waals surface area (Å²) in [6.45, 7) is 1.30. The Morgan fingerprint density at radius 1 is 0.833 bits per heavy atom. The summed E-state index contributed by atoms with van der Waals surface area (Å²) >= 11 is 0. The summed E-state index contributed by atoms with van der Waals surface area (Å²) in [5, 5.41) is 12.3. The molecule has 3 nitrogen and oxygen atoms in total. The summed E-state index contributed by atoms with van der Waals surface area (Å²) < 4.78 is 11.8. The van der Waals surface area contributed by atoms with Gasteiger partial charge in [-0.1, -0.05) is 91.0 Å². The molecule has 0 saturated carbocycles. The predicted molar refractivity (Wildman–Crippen MR) is 119 cm³/mol. The van der Waals surface area contributed by atoms with E-state index in [0.29, 0.717) is 13.0 Å². The number of hydrogen-bond donors (Lipinski definition) is 1. The lowest BCUT2D eigenvalue weighted by Crippen LogP contribution is -2.36. The van der Waals surface area contributed by atoms with Gasteiger partial charge in [-0.05, 0) is 42.4 Å². The van der Waals surface area contributed by atoms with Gasteiger partial charge in [0.05, 0.1) is 6.61 Å². The van der Waals surface area contributed by atoms with E-state index in [9.17, 15) is 5.11 Å². The quantitative estimate of drug-likeness (QED) is 0.530. The Morgan fingerprint density at radius 3 is 1.93 bits per heavy atom. The van der Waals surface area contributed by atoms with E-state index in [-0.39, 0.29) is 12.2 Å². The fourth-order valence-corrected chi connectivity index (χ4v) is 4.42. The van der Waals surface area contributed by atoms with Crippen LogP contribution in [0.15, 0.2) is 91.0 Å². The highest BCUT2D eigenvalue weighted by Gasteiger charge is 2.40. The van der Waals surface area contributed by atoms with Crippen LogP contribution in [0.1, 0.15) is 48.3 Å². The summed E-state index contributed by atoms with van der Waals surface area (Å²) in [5.41, 5.74) is 1.71. The lowest BCUT2D eigenvalue weighted by molar-refractivity contribution is -0.164. The third-order valence-electron chi connectivity index (χ3n) is 5.98. The molecule has 30 heavy (non-hydrogen) atoms. The SMILES string of the molecule is OC(c1ccccc1)(c1ccccc1)C(CCOC1CCCCO1)c1ccccc1. The Labute approximate surface area is 179 Å². The molecule has 156 valence electrons. The predicted octanol–water partition coefficient (Wildman–Crippen LogP) is 5.64. The van der Waals surface area contributed by atoms with E-state index >= 15 is 0 Å². The molecule has 0 aromatic heterocycles. The molecule has 1 fully saturated rings. The first-order chi connectivity index (χ1) is 14.8. The number of hydrogen-bond acceptors (Lipinski definition) is 3. The monoisotopic (exact) mass is 402 g/mol. The number of rotatable bonds is 8. The highest BCUT2D eigenvalue weighted by molar-refractivity contribution is 5.41. The molecule has 0 amide bonds. The van der Waals surface area contributed by atoms with E-state index in [1.165, 1.54) is 0 Å². The van der Waals surface area contributed by atoms with Gasteiger partial charge in [-0.25, -0.2) is 0 Å². The van der Waals surface area contributed by atoms with Crippen molar-refractivity contribution in [1.29, 1.82) is 0 Å². The van der Waals surface area contributed by atoms with Gasteiger partial charge in [-0.2, -0.15) is 0 Å². The first-order valence-electron chi connectivity index (χ1n) is 10.9. The van der Waals surface area contributed by atoms with Crippen LogP contribution in [0.5, 0.6) is 0 Å². The molecule has 0 aliphatic carbocycles.